The standard InChI is InChI=1S/C10H18O6S2/c1-7-17(11,12)15-9(3,4)10(5,6)16-18(13,14)8-2/h7-8H,1-2H2,3-6H3. The van der Waals surface area contributed by atoms with E-state index in [1.165, 1.54) is 27.7 Å². The van der Waals surface area contributed by atoms with Crippen molar-refractivity contribution in [1.82, 2.24) is 0 Å². The molecule has 0 N–H and O–H groups in total. The van der Waals surface area contributed by atoms with Gasteiger partial charge in [0.1, 0.15) is 11.2 Å². The summed E-state index contributed by atoms with van der Waals surface area (Å²) in [6.45, 7) is 11.8. The van der Waals surface area contributed by atoms with Crippen molar-refractivity contribution in [2.45, 2.75) is 38.9 Å². The maximum atomic E-state index is 11.3. The highest BCUT2D eigenvalue weighted by Crippen LogP contribution is 2.32. The van der Waals surface area contributed by atoms with Crippen molar-refractivity contribution in [3.8, 4) is 0 Å². The van der Waals surface area contributed by atoms with Crippen molar-refractivity contribution in [3.05, 3.63) is 24.0 Å². The van der Waals surface area contributed by atoms with Gasteiger partial charge in [0.25, 0.3) is 20.2 Å². The Morgan fingerprint density at radius 1 is 0.778 bits per heavy atom. The molecule has 0 aromatic carbocycles. The molecule has 0 unspecified atom stereocenters. The van der Waals surface area contributed by atoms with Gasteiger partial charge in [0, 0.05) is 0 Å². The van der Waals surface area contributed by atoms with E-state index in [0.29, 0.717) is 10.8 Å². The normalized spacial score (nSPS) is 14.2. The second kappa shape index (κ2) is 5.12. The van der Waals surface area contributed by atoms with E-state index in [1.54, 1.807) is 0 Å². The molecule has 0 amide bonds. The van der Waals surface area contributed by atoms with Crippen LogP contribution < -0.4 is 0 Å². The van der Waals surface area contributed by atoms with Gasteiger partial charge in [-0.3, -0.25) is 8.37 Å². The van der Waals surface area contributed by atoms with Crippen molar-refractivity contribution in [3.63, 3.8) is 0 Å². The molecule has 0 saturated carbocycles. The van der Waals surface area contributed by atoms with E-state index in [4.69, 9.17) is 8.37 Å². The average molecular weight is 298 g/mol. The van der Waals surface area contributed by atoms with E-state index >= 15 is 0 Å². The maximum Gasteiger partial charge on any atom is 0.290 e. The summed E-state index contributed by atoms with van der Waals surface area (Å²) >= 11 is 0. The van der Waals surface area contributed by atoms with Crippen LogP contribution >= 0.6 is 0 Å². The Morgan fingerprint density at radius 3 is 1.17 bits per heavy atom. The smallest absolute Gasteiger partial charge is 0.258 e. The zero-order valence-electron chi connectivity index (χ0n) is 10.8. The Bertz CT molecular complexity index is 475. The Balaban J connectivity index is 5.33. The quantitative estimate of drug-likeness (QED) is 0.662. The van der Waals surface area contributed by atoms with Crippen molar-refractivity contribution >= 4 is 20.2 Å². The molecule has 8 heteroatoms. The minimum atomic E-state index is -3.96. The van der Waals surface area contributed by atoms with Gasteiger partial charge in [-0.15, -0.1) is 0 Å². The second-order valence-corrected chi connectivity index (χ2v) is 7.48. The first-order valence-corrected chi connectivity index (χ1v) is 7.89. The first-order valence-electron chi connectivity index (χ1n) is 4.95. The maximum absolute atomic E-state index is 11.3. The van der Waals surface area contributed by atoms with Gasteiger partial charge in [-0.25, -0.2) is 0 Å². The summed E-state index contributed by atoms with van der Waals surface area (Å²) in [5.74, 6) is 0. The van der Waals surface area contributed by atoms with Crippen LogP contribution in [0.15, 0.2) is 24.0 Å². The second-order valence-electron chi connectivity index (χ2n) is 4.51. The molecule has 0 heterocycles. The molecule has 0 rings (SSSR count). The zero-order chi connectivity index (χ0) is 14.8. The molecule has 0 atom stereocenters. The molecule has 0 bridgehead atoms. The summed E-state index contributed by atoms with van der Waals surface area (Å²) in [5, 5.41) is 1.26. The summed E-state index contributed by atoms with van der Waals surface area (Å²) < 4.78 is 55.0. The van der Waals surface area contributed by atoms with Crippen molar-refractivity contribution in [2.24, 2.45) is 0 Å². The van der Waals surface area contributed by atoms with Gasteiger partial charge in [0.2, 0.25) is 0 Å². The molecular weight excluding hydrogens is 280 g/mol. The van der Waals surface area contributed by atoms with Crippen LogP contribution in [-0.4, -0.2) is 28.0 Å². The van der Waals surface area contributed by atoms with Crippen LogP contribution in [-0.2, 0) is 28.6 Å². The molecule has 0 saturated heterocycles. The third kappa shape index (κ3) is 4.52. The topological polar surface area (TPSA) is 86.7 Å². The third-order valence-corrected chi connectivity index (χ3v) is 4.62. The summed E-state index contributed by atoms with van der Waals surface area (Å²) in [4.78, 5) is 0. The van der Waals surface area contributed by atoms with E-state index < -0.39 is 31.4 Å². The Morgan fingerprint density at radius 2 is 1.00 bits per heavy atom. The predicted octanol–water partition coefficient (Wildman–Crippen LogP) is 1.52. The van der Waals surface area contributed by atoms with E-state index in [1.807, 2.05) is 0 Å². The van der Waals surface area contributed by atoms with Crippen molar-refractivity contribution in [1.29, 1.82) is 0 Å². The molecule has 0 aliphatic heterocycles. The first-order chi connectivity index (χ1) is 7.79. The molecular formula is C10H18O6S2. The van der Waals surface area contributed by atoms with Gasteiger partial charge in [0.05, 0.1) is 10.8 Å². The monoisotopic (exact) mass is 298 g/mol. The van der Waals surface area contributed by atoms with E-state index in [9.17, 15) is 16.8 Å². The van der Waals surface area contributed by atoms with Gasteiger partial charge in [-0.2, -0.15) is 16.8 Å². The highest BCUT2D eigenvalue weighted by atomic mass is 32.2. The number of hydrogen-bond donors (Lipinski definition) is 0. The van der Waals surface area contributed by atoms with Crippen LogP contribution in [0.2, 0.25) is 0 Å². The van der Waals surface area contributed by atoms with Gasteiger partial charge < -0.3 is 0 Å². The molecule has 0 aliphatic carbocycles. The summed E-state index contributed by atoms with van der Waals surface area (Å²) in [7, 11) is -7.92. The zero-order valence-corrected chi connectivity index (χ0v) is 12.5. The van der Waals surface area contributed by atoms with Crippen LogP contribution in [0.3, 0.4) is 0 Å². The van der Waals surface area contributed by atoms with E-state index in [2.05, 4.69) is 13.2 Å². The molecule has 0 fully saturated rings. The molecule has 0 aliphatic rings. The predicted molar refractivity (Wildman–Crippen MR) is 68.6 cm³/mol. The van der Waals surface area contributed by atoms with Crippen LogP contribution in [0.4, 0.5) is 0 Å². The lowest BCUT2D eigenvalue weighted by molar-refractivity contribution is -0.0644. The third-order valence-electron chi connectivity index (χ3n) is 2.51. The minimum absolute atomic E-state index is 0.632. The molecule has 0 aromatic heterocycles. The lowest BCUT2D eigenvalue weighted by Gasteiger charge is -2.38. The van der Waals surface area contributed by atoms with Crippen LogP contribution in [0.25, 0.3) is 0 Å². The SMILES string of the molecule is C=CS(=O)(=O)OC(C)(C)C(C)(C)OS(=O)(=O)C=C. The van der Waals surface area contributed by atoms with Gasteiger partial charge in [-0.05, 0) is 27.7 Å². The van der Waals surface area contributed by atoms with Crippen LogP contribution in [0, 0.1) is 0 Å². The largest absolute Gasteiger partial charge is 0.290 e. The van der Waals surface area contributed by atoms with Crippen LogP contribution in [0.1, 0.15) is 27.7 Å². The molecule has 0 radical (unpaired) electrons. The van der Waals surface area contributed by atoms with Crippen LogP contribution in [0.5, 0.6) is 0 Å². The lowest BCUT2D eigenvalue weighted by atomic mass is 9.90. The van der Waals surface area contributed by atoms with E-state index in [-0.39, 0.29) is 0 Å². The molecule has 106 valence electrons. The molecule has 6 nitrogen and oxygen atoms in total. The highest BCUT2D eigenvalue weighted by molar-refractivity contribution is 7.90. The van der Waals surface area contributed by atoms with Crippen molar-refractivity contribution in [2.75, 3.05) is 0 Å². The van der Waals surface area contributed by atoms with Gasteiger partial charge in [-0.1, -0.05) is 13.2 Å². The number of rotatable bonds is 7. The Hall–Kier alpha value is -0.700. The van der Waals surface area contributed by atoms with Gasteiger partial charge >= 0.3 is 0 Å². The summed E-state index contributed by atoms with van der Waals surface area (Å²) in [6.07, 6.45) is 0. The molecule has 0 aromatic rings. The lowest BCUT2D eigenvalue weighted by Crippen LogP contribution is -2.51. The van der Waals surface area contributed by atoms with Crippen molar-refractivity contribution < 1.29 is 25.2 Å². The molecule has 18 heavy (non-hydrogen) atoms. The Kier molecular flexibility index (Phi) is 4.92. The Labute approximate surface area is 109 Å². The fourth-order valence-electron chi connectivity index (χ4n) is 0.849. The summed E-state index contributed by atoms with van der Waals surface area (Å²) in [5.41, 5.74) is -2.84. The summed E-state index contributed by atoms with van der Waals surface area (Å²) in [6, 6.07) is 0. The van der Waals surface area contributed by atoms with E-state index in [0.717, 1.165) is 0 Å². The highest BCUT2D eigenvalue weighted by Gasteiger charge is 2.45. The molecule has 0 spiro atoms. The minimum Gasteiger partial charge on any atom is -0.258 e. The fourth-order valence-corrected chi connectivity index (χ4v) is 2.55. The van der Waals surface area contributed by atoms with Gasteiger partial charge in [0.15, 0.2) is 0 Å². The number of hydrogen-bond acceptors (Lipinski definition) is 6. The first kappa shape index (κ1) is 17.3. The average Bonchev–Trinajstić information content (AvgIpc) is 2.14. The fraction of sp³-hybridized carbons (Fsp3) is 0.600.